The molecule has 0 fully saturated rings. The van der Waals surface area contributed by atoms with Crippen molar-refractivity contribution in [3.05, 3.63) is 47.5 Å². The molecule has 118 valence electrons. The van der Waals surface area contributed by atoms with Crippen LogP contribution in [0, 0.1) is 0 Å². The predicted molar refractivity (Wildman–Crippen MR) is 94.2 cm³/mol. The van der Waals surface area contributed by atoms with Gasteiger partial charge < -0.3 is 26.8 Å². The van der Waals surface area contributed by atoms with Gasteiger partial charge in [0, 0.05) is 50.0 Å². The highest BCUT2D eigenvalue weighted by Crippen LogP contribution is 2.25. The molecule has 0 aromatic heterocycles. The highest BCUT2D eigenvalue weighted by molar-refractivity contribution is 5.63. The Morgan fingerprint density at radius 2 is 1.55 bits per heavy atom. The van der Waals surface area contributed by atoms with Crippen LogP contribution in [0.2, 0.25) is 0 Å². The molecule has 0 heterocycles. The van der Waals surface area contributed by atoms with Crippen molar-refractivity contribution in [3.8, 4) is 0 Å². The minimum absolute atomic E-state index is 0.0538. The fourth-order valence-corrected chi connectivity index (χ4v) is 2.41. The molecule has 2 aromatic carbocycles. The Labute approximate surface area is 131 Å². The summed E-state index contributed by atoms with van der Waals surface area (Å²) in [5.41, 5.74) is 17.5. The highest BCUT2D eigenvalue weighted by atomic mass is 16.2. The van der Waals surface area contributed by atoms with Crippen molar-refractivity contribution in [2.24, 2.45) is 0 Å². The molecule has 0 aliphatic carbocycles. The van der Waals surface area contributed by atoms with E-state index in [-0.39, 0.29) is 6.61 Å². The Balaban J connectivity index is 2.15. The number of aliphatic hydroxyl groups is 1. The third-order valence-corrected chi connectivity index (χ3v) is 3.72. The SMILES string of the molecule is CN(C)c1ccc(NCc2c(N)ccc(N)c2CCO)cc1. The minimum atomic E-state index is 0.0538. The summed E-state index contributed by atoms with van der Waals surface area (Å²) in [6.07, 6.45) is 0.507. The highest BCUT2D eigenvalue weighted by Gasteiger charge is 2.10. The van der Waals surface area contributed by atoms with Crippen molar-refractivity contribution in [1.29, 1.82) is 0 Å². The second kappa shape index (κ2) is 7.04. The first-order chi connectivity index (χ1) is 10.5. The van der Waals surface area contributed by atoms with Crippen LogP contribution < -0.4 is 21.7 Å². The minimum Gasteiger partial charge on any atom is -0.398 e. The molecule has 0 atom stereocenters. The quantitative estimate of drug-likeness (QED) is 0.613. The van der Waals surface area contributed by atoms with Gasteiger partial charge in [0.1, 0.15) is 0 Å². The zero-order valence-electron chi connectivity index (χ0n) is 13.1. The number of nitrogens with one attached hydrogen (secondary N) is 1. The van der Waals surface area contributed by atoms with Crippen LogP contribution in [0.3, 0.4) is 0 Å². The number of benzene rings is 2. The summed E-state index contributed by atoms with van der Waals surface area (Å²) in [6.45, 7) is 0.631. The van der Waals surface area contributed by atoms with Crippen LogP contribution in [0.5, 0.6) is 0 Å². The van der Waals surface area contributed by atoms with E-state index >= 15 is 0 Å². The Morgan fingerprint density at radius 1 is 0.955 bits per heavy atom. The second-order valence-electron chi connectivity index (χ2n) is 5.47. The van der Waals surface area contributed by atoms with E-state index in [9.17, 15) is 5.11 Å². The number of hydrogen-bond donors (Lipinski definition) is 4. The molecule has 0 radical (unpaired) electrons. The Morgan fingerprint density at radius 3 is 2.09 bits per heavy atom. The third-order valence-electron chi connectivity index (χ3n) is 3.72. The van der Waals surface area contributed by atoms with Gasteiger partial charge in [0.05, 0.1) is 0 Å². The average molecular weight is 300 g/mol. The zero-order chi connectivity index (χ0) is 16.1. The summed E-state index contributed by atoms with van der Waals surface area (Å²) in [4.78, 5) is 2.05. The lowest BCUT2D eigenvalue weighted by Crippen LogP contribution is -2.11. The summed E-state index contributed by atoms with van der Waals surface area (Å²) < 4.78 is 0. The third kappa shape index (κ3) is 3.62. The summed E-state index contributed by atoms with van der Waals surface area (Å²) in [6, 6.07) is 11.8. The average Bonchev–Trinajstić information content (AvgIpc) is 2.51. The molecule has 5 nitrogen and oxygen atoms in total. The van der Waals surface area contributed by atoms with Gasteiger partial charge >= 0.3 is 0 Å². The zero-order valence-corrected chi connectivity index (χ0v) is 13.1. The van der Waals surface area contributed by atoms with Crippen LogP contribution in [0.1, 0.15) is 11.1 Å². The van der Waals surface area contributed by atoms with Gasteiger partial charge in [-0.15, -0.1) is 0 Å². The van der Waals surface area contributed by atoms with Crippen LogP contribution >= 0.6 is 0 Å². The van der Waals surface area contributed by atoms with Gasteiger partial charge in [-0.1, -0.05) is 0 Å². The molecule has 22 heavy (non-hydrogen) atoms. The van der Waals surface area contributed by atoms with Crippen molar-refractivity contribution < 1.29 is 5.11 Å². The summed E-state index contributed by atoms with van der Waals surface area (Å²) in [7, 11) is 4.02. The van der Waals surface area contributed by atoms with E-state index in [1.165, 1.54) is 0 Å². The molecular weight excluding hydrogens is 276 g/mol. The molecule has 2 rings (SSSR count). The van der Waals surface area contributed by atoms with Crippen LogP contribution in [-0.2, 0) is 13.0 Å². The van der Waals surface area contributed by atoms with Crippen LogP contribution in [0.4, 0.5) is 22.7 Å². The van der Waals surface area contributed by atoms with Gasteiger partial charge in [-0.2, -0.15) is 0 Å². The summed E-state index contributed by atoms with van der Waals surface area (Å²) in [5, 5.41) is 12.6. The molecule has 2 aromatic rings. The van der Waals surface area contributed by atoms with Crippen molar-refractivity contribution in [2.45, 2.75) is 13.0 Å². The maximum atomic E-state index is 9.21. The monoisotopic (exact) mass is 300 g/mol. The van der Waals surface area contributed by atoms with Gasteiger partial charge in [0.25, 0.3) is 0 Å². The van der Waals surface area contributed by atoms with Crippen molar-refractivity contribution in [2.75, 3.05) is 42.4 Å². The molecule has 5 heteroatoms. The van der Waals surface area contributed by atoms with Crippen molar-refractivity contribution >= 4 is 22.7 Å². The molecule has 0 aliphatic rings. The lowest BCUT2D eigenvalue weighted by Gasteiger charge is -2.17. The Kier molecular flexibility index (Phi) is 5.12. The maximum Gasteiger partial charge on any atom is 0.0472 e. The maximum absolute atomic E-state index is 9.21. The normalized spacial score (nSPS) is 10.5. The first kappa shape index (κ1) is 16.0. The number of nitrogen functional groups attached to an aromatic ring is 2. The lowest BCUT2D eigenvalue weighted by atomic mass is 10.0. The van der Waals surface area contributed by atoms with Gasteiger partial charge in [0.15, 0.2) is 0 Å². The summed E-state index contributed by atoms with van der Waals surface area (Å²) >= 11 is 0. The van der Waals surface area contributed by atoms with Gasteiger partial charge in [-0.25, -0.2) is 0 Å². The number of nitrogens with zero attached hydrogens (tertiary/aromatic N) is 1. The number of aliphatic hydroxyl groups excluding tert-OH is 1. The van der Waals surface area contributed by atoms with E-state index in [2.05, 4.69) is 22.3 Å². The molecule has 0 saturated carbocycles. The van der Waals surface area contributed by atoms with Gasteiger partial charge in [0.2, 0.25) is 0 Å². The molecule has 6 N–H and O–H groups in total. The van der Waals surface area contributed by atoms with Crippen molar-refractivity contribution in [3.63, 3.8) is 0 Å². The molecule has 0 bridgehead atoms. The number of hydrogen-bond acceptors (Lipinski definition) is 5. The first-order valence-electron chi connectivity index (χ1n) is 7.30. The van der Waals surface area contributed by atoms with E-state index in [1.807, 2.05) is 32.3 Å². The topological polar surface area (TPSA) is 87.5 Å². The molecule has 0 unspecified atom stereocenters. The first-order valence-corrected chi connectivity index (χ1v) is 7.30. The predicted octanol–water partition coefficient (Wildman–Crippen LogP) is 2.06. The fraction of sp³-hybridized carbons (Fsp3) is 0.294. The fourth-order valence-electron chi connectivity index (χ4n) is 2.41. The number of anilines is 4. The van der Waals surface area contributed by atoms with Crippen LogP contribution in [-0.4, -0.2) is 25.8 Å². The standard InChI is InChI=1S/C17H24N4O/c1-21(2)13-5-3-12(4-6-13)20-11-15-14(9-10-22)16(18)7-8-17(15)19/h3-8,20,22H,9-11,18-19H2,1-2H3. The van der Waals surface area contributed by atoms with Gasteiger partial charge in [-0.3, -0.25) is 0 Å². The van der Waals surface area contributed by atoms with E-state index in [0.717, 1.165) is 22.5 Å². The molecule has 0 saturated heterocycles. The lowest BCUT2D eigenvalue weighted by molar-refractivity contribution is 0.299. The van der Waals surface area contributed by atoms with E-state index in [0.29, 0.717) is 24.3 Å². The Hall–Kier alpha value is -2.40. The van der Waals surface area contributed by atoms with E-state index in [1.54, 1.807) is 6.07 Å². The smallest absolute Gasteiger partial charge is 0.0472 e. The molecule has 0 aliphatic heterocycles. The van der Waals surface area contributed by atoms with E-state index in [4.69, 9.17) is 11.5 Å². The summed E-state index contributed by atoms with van der Waals surface area (Å²) in [5.74, 6) is 0. The molecule has 0 spiro atoms. The molecular formula is C17H24N4O. The van der Waals surface area contributed by atoms with Crippen LogP contribution in [0.25, 0.3) is 0 Å². The number of nitrogens with two attached hydrogens (primary N) is 2. The van der Waals surface area contributed by atoms with Crippen molar-refractivity contribution in [1.82, 2.24) is 0 Å². The molecule has 0 amide bonds. The van der Waals surface area contributed by atoms with Gasteiger partial charge in [-0.05, 0) is 53.9 Å². The Bertz CT molecular complexity index is 623. The van der Waals surface area contributed by atoms with Crippen LogP contribution in [0.15, 0.2) is 36.4 Å². The van der Waals surface area contributed by atoms with E-state index < -0.39 is 0 Å². The second-order valence-corrected chi connectivity index (χ2v) is 5.47. The largest absolute Gasteiger partial charge is 0.398 e. The number of rotatable bonds is 6.